The fourth-order valence-electron chi connectivity index (χ4n) is 2.66. The minimum absolute atomic E-state index is 0.404. The minimum Gasteiger partial charge on any atom is -0.382 e. The quantitative estimate of drug-likeness (QED) is 0.751. The number of hydrogen-bond donors (Lipinski definition) is 1. The maximum atomic E-state index is 5.35. The first-order chi connectivity index (χ1) is 6.67. The molecule has 0 saturated heterocycles. The van der Waals surface area contributed by atoms with Gasteiger partial charge in [0.05, 0.1) is 6.10 Å². The Morgan fingerprint density at radius 3 is 2.71 bits per heavy atom. The van der Waals surface area contributed by atoms with E-state index in [1.807, 2.05) is 7.11 Å². The average Bonchev–Trinajstić information content (AvgIpc) is 2.18. The number of methoxy groups -OCH3 is 1. The van der Waals surface area contributed by atoms with Crippen LogP contribution >= 0.6 is 0 Å². The highest BCUT2D eigenvalue weighted by Crippen LogP contribution is 2.32. The van der Waals surface area contributed by atoms with Gasteiger partial charge in [0.2, 0.25) is 0 Å². The fourth-order valence-corrected chi connectivity index (χ4v) is 2.66. The summed E-state index contributed by atoms with van der Waals surface area (Å²) in [6.07, 6.45) is 5.68. The molecule has 2 nitrogen and oxygen atoms in total. The fraction of sp³-hybridized carbons (Fsp3) is 1.00. The Balaban J connectivity index is 2.44. The zero-order valence-electron chi connectivity index (χ0n) is 10.0. The van der Waals surface area contributed by atoms with Crippen molar-refractivity contribution in [1.29, 1.82) is 0 Å². The van der Waals surface area contributed by atoms with Crippen LogP contribution < -0.4 is 5.32 Å². The van der Waals surface area contributed by atoms with Gasteiger partial charge in [0.25, 0.3) is 0 Å². The molecule has 0 bridgehead atoms. The molecule has 0 aromatic heterocycles. The van der Waals surface area contributed by atoms with Gasteiger partial charge in [-0.1, -0.05) is 6.92 Å². The van der Waals surface area contributed by atoms with E-state index in [4.69, 9.17) is 4.74 Å². The molecule has 1 rings (SSSR count). The molecule has 4 atom stereocenters. The summed E-state index contributed by atoms with van der Waals surface area (Å²) in [5, 5.41) is 3.45. The van der Waals surface area contributed by atoms with E-state index in [-0.39, 0.29) is 0 Å². The third kappa shape index (κ3) is 3.25. The lowest BCUT2D eigenvalue weighted by Crippen LogP contribution is -2.39. The molecule has 0 aromatic rings. The number of nitrogens with one attached hydrogen (secondary N) is 1. The molecule has 0 radical (unpaired) electrons. The van der Waals surface area contributed by atoms with Crippen molar-refractivity contribution < 1.29 is 4.74 Å². The van der Waals surface area contributed by atoms with Crippen molar-refractivity contribution in [2.24, 2.45) is 11.8 Å². The minimum atomic E-state index is 0.404. The van der Waals surface area contributed by atoms with Crippen LogP contribution in [-0.4, -0.2) is 26.3 Å². The molecule has 0 amide bonds. The summed E-state index contributed by atoms with van der Waals surface area (Å²) in [7, 11) is 3.90. The first-order valence-electron chi connectivity index (χ1n) is 5.87. The van der Waals surface area contributed by atoms with Gasteiger partial charge in [0, 0.05) is 13.2 Å². The summed E-state index contributed by atoms with van der Waals surface area (Å²) in [5.41, 5.74) is 0. The molecular weight excluding hydrogens is 174 g/mol. The molecule has 1 fully saturated rings. The van der Waals surface area contributed by atoms with Gasteiger partial charge in [-0.15, -0.1) is 0 Å². The molecule has 1 aliphatic carbocycles. The van der Waals surface area contributed by atoms with E-state index in [2.05, 4.69) is 26.2 Å². The average molecular weight is 199 g/mol. The van der Waals surface area contributed by atoms with Crippen molar-refractivity contribution in [3.63, 3.8) is 0 Å². The third-order valence-corrected chi connectivity index (χ3v) is 3.65. The monoisotopic (exact) mass is 199 g/mol. The first-order valence-corrected chi connectivity index (χ1v) is 5.87. The first kappa shape index (κ1) is 12.0. The molecule has 14 heavy (non-hydrogen) atoms. The largest absolute Gasteiger partial charge is 0.382 e. The molecule has 1 saturated carbocycles. The highest BCUT2D eigenvalue weighted by Gasteiger charge is 2.28. The summed E-state index contributed by atoms with van der Waals surface area (Å²) in [6.45, 7) is 4.54. The number of rotatable bonds is 4. The lowest BCUT2D eigenvalue weighted by molar-refractivity contribution is 0.0732. The molecule has 1 N–H and O–H groups in total. The smallest absolute Gasteiger partial charge is 0.0546 e. The Bertz CT molecular complexity index is 160. The van der Waals surface area contributed by atoms with E-state index in [1.54, 1.807) is 0 Å². The highest BCUT2D eigenvalue weighted by atomic mass is 16.5. The van der Waals surface area contributed by atoms with Crippen LogP contribution in [0.2, 0.25) is 0 Å². The lowest BCUT2D eigenvalue weighted by Gasteiger charge is -2.35. The van der Waals surface area contributed by atoms with Crippen LogP contribution in [0.3, 0.4) is 0 Å². The van der Waals surface area contributed by atoms with Crippen molar-refractivity contribution in [1.82, 2.24) is 5.32 Å². The third-order valence-electron chi connectivity index (χ3n) is 3.65. The number of hydrogen-bond acceptors (Lipinski definition) is 2. The summed E-state index contributed by atoms with van der Waals surface area (Å²) < 4.78 is 5.35. The van der Waals surface area contributed by atoms with Gasteiger partial charge in [-0.25, -0.2) is 0 Å². The molecular formula is C12H25NO. The van der Waals surface area contributed by atoms with Crippen molar-refractivity contribution >= 4 is 0 Å². The van der Waals surface area contributed by atoms with Gasteiger partial charge in [0.15, 0.2) is 0 Å². The van der Waals surface area contributed by atoms with Gasteiger partial charge in [-0.05, 0) is 51.5 Å². The van der Waals surface area contributed by atoms with Crippen LogP contribution in [0.15, 0.2) is 0 Å². The normalized spacial score (nSPS) is 35.6. The standard InChI is InChI=1S/C12H25NO/c1-9-5-6-12(13-3)11(7-9)8-10(2)14-4/h9-13H,5-8H2,1-4H3. The second kappa shape index (κ2) is 5.72. The molecule has 0 spiro atoms. The second-order valence-corrected chi connectivity index (χ2v) is 4.86. The Morgan fingerprint density at radius 1 is 1.43 bits per heavy atom. The Hall–Kier alpha value is -0.0800. The van der Waals surface area contributed by atoms with Crippen molar-refractivity contribution in [2.75, 3.05) is 14.2 Å². The van der Waals surface area contributed by atoms with E-state index in [0.29, 0.717) is 12.1 Å². The van der Waals surface area contributed by atoms with Crippen LogP contribution in [-0.2, 0) is 4.74 Å². The van der Waals surface area contributed by atoms with Gasteiger partial charge >= 0.3 is 0 Å². The molecule has 0 heterocycles. The zero-order valence-corrected chi connectivity index (χ0v) is 10.0. The highest BCUT2D eigenvalue weighted by molar-refractivity contribution is 4.83. The van der Waals surface area contributed by atoms with Crippen LogP contribution in [0.5, 0.6) is 0 Å². The SMILES string of the molecule is CNC1CCC(C)CC1CC(C)OC. The van der Waals surface area contributed by atoms with E-state index in [0.717, 1.165) is 11.8 Å². The molecule has 0 aliphatic heterocycles. The molecule has 4 unspecified atom stereocenters. The zero-order chi connectivity index (χ0) is 10.6. The van der Waals surface area contributed by atoms with E-state index < -0.39 is 0 Å². The maximum Gasteiger partial charge on any atom is 0.0546 e. The predicted molar refractivity (Wildman–Crippen MR) is 60.4 cm³/mol. The van der Waals surface area contributed by atoms with E-state index >= 15 is 0 Å². The van der Waals surface area contributed by atoms with Crippen molar-refractivity contribution in [3.8, 4) is 0 Å². The van der Waals surface area contributed by atoms with Gasteiger partial charge in [0.1, 0.15) is 0 Å². The van der Waals surface area contributed by atoms with Crippen molar-refractivity contribution in [3.05, 3.63) is 0 Å². The second-order valence-electron chi connectivity index (χ2n) is 4.86. The number of ether oxygens (including phenoxy) is 1. The van der Waals surface area contributed by atoms with E-state index in [1.165, 1.54) is 25.7 Å². The Kier molecular flexibility index (Phi) is 4.90. The predicted octanol–water partition coefficient (Wildman–Crippen LogP) is 2.44. The van der Waals surface area contributed by atoms with Crippen LogP contribution in [0.1, 0.15) is 39.5 Å². The summed E-state index contributed by atoms with van der Waals surface area (Å²) >= 11 is 0. The Morgan fingerprint density at radius 2 is 2.14 bits per heavy atom. The van der Waals surface area contributed by atoms with Crippen LogP contribution in [0.25, 0.3) is 0 Å². The molecule has 0 aromatic carbocycles. The maximum absolute atomic E-state index is 5.35. The summed E-state index contributed by atoms with van der Waals surface area (Å²) in [4.78, 5) is 0. The molecule has 2 heteroatoms. The van der Waals surface area contributed by atoms with Gasteiger partial charge < -0.3 is 10.1 Å². The van der Waals surface area contributed by atoms with Crippen LogP contribution in [0, 0.1) is 11.8 Å². The summed E-state index contributed by atoms with van der Waals surface area (Å²) in [6, 6.07) is 0.712. The molecule has 1 aliphatic rings. The van der Waals surface area contributed by atoms with Gasteiger partial charge in [-0.2, -0.15) is 0 Å². The van der Waals surface area contributed by atoms with Crippen LogP contribution in [0.4, 0.5) is 0 Å². The van der Waals surface area contributed by atoms with Crippen molar-refractivity contribution in [2.45, 2.75) is 51.7 Å². The van der Waals surface area contributed by atoms with E-state index in [9.17, 15) is 0 Å². The lowest BCUT2D eigenvalue weighted by atomic mass is 9.76. The van der Waals surface area contributed by atoms with Gasteiger partial charge in [-0.3, -0.25) is 0 Å². The molecule has 84 valence electrons. The summed E-state index contributed by atoms with van der Waals surface area (Å²) in [5.74, 6) is 1.70. The topological polar surface area (TPSA) is 21.3 Å². The Labute approximate surface area is 88.4 Å².